The van der Waals surface area contributed by atoms with Crippen molar-refractivity contribution in [2.24, 2.45) is 5.41 Å². The summed E-state index contributed by atoms with van der Waals surface area (Å²) in [5.41, 5.74) is 5.13. The largest absolute Gasteiger partial charge is 0.298 e. The molecule has 0 amide bonds. The first kappa shape index (κ1) is 16.9. The van der Waals surface area contributed by atoms with Crippen LogP contribution in [-0.4, -0.2) is 51.2 Å². The molecule has 1 N–H and O–H groups in total. The van der Waals surface area contributed by atoms with Crippen molar-refractivity contribution in [1.82, 2.24) is 25.0 Å². The highest BCUT2D eigenvalue weighted by Gasteiger charge is 2.43. The lowest BCUT2D eigenvalue weighted by atomic mass is 9.86. The number of hydrogen-bond donors (Lipinski definition) is 1. The summed E-state index contributed by atoms with van der Waals surface area (Å²) in [6.45, 7) is 9.01. The normalized spacial score (nSPS) is 23.7. The minimum Gasteiger partial charge on any atom is -0.298 e. The first-order valence-electron chi connectivity index (χ1n) is 9.97. The van der Waals surface area contributed by atoms with Crippen LogP contribution >= 0.6 is 0 Å². The molecule has 27 heavy (non-hydrogen) atoms. The minimum atomic E-state index is 0.484. The zero-order valence-corrected chi connectivity index (χ0v) is 16.0. The summed E-state index contributed by atoms with van der Waals surface area (Å²) < 4.78 is 0. The van der Waals surface area contributed by atoms with Gasteiger partial charge in [-0.3, -0.25) is 14.9 Å². The molecule has 0 saturated carbocycles. The zero-order chi connectivity index (χ0) is 18.3. The maximum Gasteiger partial charge on any atom is 0.181 e. The van der Waals surface area contributed by atoms with Crippen LogP contribution in [0.25, 0.3) is 11.0 Å². The van der Waals surface area contributed by atoms with Crippen LogP contribution in [0.1, 0.15) is 29.7 Å². The number of rotatable bonds is 4. The summed E-state index contributed by atoms with van der Waals surface area (Å²) in [5.74, 6) is 0. The highest BCUT2D eigenvalue weighted by atomic mass is 15.2. The molecule has 2 fully saturated rings. The van der Waals surface area contributed by atoms with Crippen LogP contribution in [-0.2, 0) is 13.1 Å². The van der Waals surface area contributed by atoms with E-state index in [0.29, 0.717) is 5.41 Å². The fraction of sp³-hybridized carbons (Fsp3) is 0.455. The van der Waals surface area contributed by atoms with E-state index >= 15 is 0 Å². The summed E-state index contributed by atoms with van der Waals surface area (Å²) in [7, 11) is 0. The molecule has 2 aliphatic rings. The molecular weight excluding hydrogens is 334 g/mol. The van der Waals surface area contributed by atoms with Gasteiger partial charge in [-0.2, -0.15) is 5.10 Å². The number of H-pyrrole nitrogens is 1. The molecule has 4 heterocycles. The molecule has 0 radical (unpaired) electrons. The van der Waals surface area contributed by atoms with Gasteiger partial charge >= 0.3 is 0 Å². The third kappa shape index (κ3) is 3.37. The van der Waals surface area contributed by atoms with Gasteiger partial charge in [-0.05, 0) is 55.5 Å². The zero-order valence-electron chi connectivity index (χ0n) is 16.0. The molecule has 0 bridgehead atoms. The van der Waals surface area contributed by atoms with Crippen LogP contribution in [0.15, 0.2) is 42.6 Å². The third-order valence-corrected chi connectivity index (χ3v) is 6.35. The van der Waals surface area contributed by atoms with Crippen LogP contribution in [0.5, 0.6) is 0 Å². The summed E-state index contributed by atoms with van der Waals surface area (Å²) in [6, 6.07) is 13.1. The third-order valence-electron chi connectivity index (χ3n) is 6.35. The van der Waals surface area contributed by atoms with Gasteiger partial charge in [-0.15, -0.1) is 0 Å². The Hall–Kier alpha value is -2.24. The van der Waals surface area contributed by atoms with Gasteiger partial charge in [-0.1, -0.05) is 30.3 Å². The number of hydrogen-bond acceptors (Lipinski definition) is 4. The van der Waals surface area contributed by atoms with E-state index in [4.69, 9.17) is 0 Å². The van der Waals surface area contributed by atoms with Crippen LogP contribution in [0, 0.1) is 12.3 Å². The molecule has 1 atom stereocenters. The van der Waals surface area contributed by atoms with Crippen LogP contribution < -0.4 is 0 Å². The van der Waals surface area contributed by atoms with Crippen molar-refractivity contribution in [3.05, 3.63) is 59.4 Å². The van der Waals surface area contributed by atoms with Crippen molar-refractivity contribution in [2.45, 2.75) is 32.9 Å². The molecule has 2 aliphatic heterocycles. The number of aromatic amines is 1. The topological polar surface area (TPSA) is 48.1 Å². The number of pyridine rings is 1. The molecule has 1 unspecified atom stereocenters. The number of likely N-dealkylation sites (tertiary alicyclic amines) is 2. The number of benzene rings is 1. The SMILES string of the molecule is Cc1[nH]nc2ncc(CN3CCC4(CCN(Cc5ccccc5)C4)C3)cc12. The van der Waals surface area contributed by atoms with Crippen molar-refractivity contribution >= 4 is 11.0 Å². The smallest absolute Gasteiger partial charge is 0.181 e. The quantitative estimate of drug-likeness (QED) is 0.774. The molecule has 0 aliphatic carbocycles. The molecule has 5 rings (SSSR count). The number of aryl methyl sites for hydroxylation is 1. The minimum absolute atomic E-state index is 0.484. The molecule has 5 nitrogen and oxygen atoms in total. The fourth-order valence-electron chi connectivity index (χ4n) is 4.91. The Balaban J connectivity index is 1.22. The molecular formula is C22H27N5. The number of nitrogens with zero attached hydrogens (tertiary/aromatic N) is 4. The van der Waals surface area contributed by atoms with Gasteiger partial charge in [0.2, 0.25) is 0 Å². The predicted octanol–water partition coefficient (Wildman–Crippen LogP) is 3.36. The Morgan fingerprint density at radius 1 is 1.00 bits per heavy atom. The number of nitrogens with one attached hydrogen (secondary N) is 1. The van der Waals surface area contributed by atoms with Crippen molar-refractivity contribution < 1.29 is 0 Å². The molecule has 5 heteroatoms. The predicted molar refractivity (Wildman–Crippen MR) is 107 cm³/mol. The Bertz CT molecular complexity index is 934. The van der Waals surface area contributed by atoms with E-state index in [-0.39, 0.29) is 0 Å². The van der Waals surface area contributed by atoms with Crippen molar-refractivity contribution in [3.63, 3.8) is 0 Å². The Labute approximate surface area is 160 Å². The first-order chi connectivity index (χ1) is 13.2. The van der Waals surface area contributed by atoms with Gasteiger partial charge in [-0.25, -0.2) is 4.98 Å². The van der Waals surface area contributed by atoms with Crippen molar-refractivity contribution in [1.29, 1.82) is 0 Å². The average molecular weight is 361 g/mol. The van der Waals surface area contributed by atoms with E-state index in [1.54, 1.807) is 0 Å². The van der Waals surface area contributed by atoms with E-state index < -0.39 is 0 Å². The van der Waals surface area contributed by atoms with E-state index in [1.165, 1.54) is 50.1 Å². The fourth-order valence-corrected chi connectivity index (χ4v) is 4.91. The number of aromatic nitrogens is 3. The lowest BCUT2D eigenvalue weighted by molar-refractivity contribution is 0.234. The molecule has 3 aromatic rings. The monoisotopic (exact) mass is 361 g/mol. The van der Waals surface area contributed by atoms with Crippen molar-refractivity contribution in [2.75, 3.05) is 26.2 Å². The van der Waals surface area contributed by atoms with Gasteiger partial charge in [0.25, 0.3) is 0 Å². The van der Waals surface area contributed by atoms with Crippen LogP contribution in [0.2, 0.25) is 0 Å². The first-order valence-corrected chi connectivity index (χ1v) is 9.97. The van der Waals surface area contributed by atoms with Crippen LogP contribution in [0.3, 0.4) is 0 Å². The van der Waals surface area contributed by atoms with E-state index in [0.717, 1.165) is 29.8 Å². The van der Waals surface area contributed by atoms with Gasteiger partial charge in [0.15, 0.2) is 5.65 Å². The van der Waals surface area contributed by atoms with E-state index in [1.807, 2.05) is 6.20 Å². The summed E-state index contributed by atoms with van der Waals surface area (Å²) >= 11 is 0. The van der Waals surface area contributed by atoms with Gasteiger partial charge in [0, 0.05) is 43.5 Å². The summed E-state index contributed by atoms with van der Waals surface area (Å²) in [5, 5.41) is 8.42. The average Bonchev–Trinajstić information content (AvgIpc) is 3.37. The van der Waals surface area contributed by atoms with Gasteiger partial charge < -0.3 is 0 Å². The molecule has 2 aromatic heterocycles. The van der Waals surface area contributed by atoms with Crippen molar-refractivity contribution in [3.8, 4) is 0 Å². The van der Waals surface area contributed by atoms with E-state index in [9.17, 15) is 0 Å². The highest BCUT2D eigenvalue weighted by molar-refractivity contribution is 5.77. The summed E-state index contributed by atoms with van der Waals surface area (Å²) in [6.07, 6.45) is 4.64. The standard InChI is InChI=1S/C22H27N5/c1-17-20-11-19(12-23-21(20)25-24-17)14-27-10-8-22(16-27)7-9-26(15-22)13-18-5-3-2-4-6-18/h2-6,11-12H,7-10,13-16H2,1H3,(H,23,24,25). The number of fused-ring (bicyclic) bond motifs is 1. The lowest BCUT2D eigenvalue weighted by Crippen LogP contribution is -2.30. The molecule has 1 spiro atoms. The maximum absolute atomic E-state index is 4.51. The Morgan fingerprint density at radius 2 is 1.70 bits per heavy atom. The Kier molecular flexibility index (Phi) is 4.21. The maximum atomic E-state index is 4.51. The summed E-state index contributed by atoms with van der Waals surface area (Å²) in [4.78, 5) is 9.77. The second-order valence-electron chi connectivity index (χ2n) is 8.47. The van der Waals surface area contributed by atoms with Gasteiger partial charge in [0.1, 0.15) is 0 Å². The highest BCUT2D eigenvalue weighted by Crippen LogP contribution is 2.40. The van der Waals surface area contributed by atoms with Gasteiger partial charge in [0.05, 0.1) is 0 Å². The second kappa shape index (κ2) is 6.73. The second-order valence-corrected chi connectivity index (χ2v) is 8.47. The molecule has 2 saturated heterocycles. The lowest BCUT2D eigenvalue weighted by Gasteiger charge is -2.25. The molecule has 140 valence electrons. The van der Waals surface area contributed by atoms with Crippen LogP contribution in [0.4, 0.5) is 0 Å². The Morgan fingerprint density at radius 3 is 2.44 bits per heavy atom. The molecule has 1 aromatic carbocycles. The van der Waals surface area contributed by atoms with E-state index in [2.05, 4.69) is 68.3 Å².